The van der Waals surface area contributed by atoms with Crippen LogP contribution in [0.2, 0.25) is 0 Å². The largest absolute Gasteiger partial charge is 0.491 e. The van der Waals surface area contributed by atoms with Crippen LogP contribution in [0.3, 0.4) is 0 Å². The molecule has 2 aromatic heterocycles. The molecule has 0 saturated heterocycles. The molecule has 4 nitrogen and oxygen atoms in total. The van der Waals surface area contributed by atoms with Gasteiger partial charge in [0.25, 0.3) is 0 Å². The average Bonchev–Trinajstić information content (AvgIpc) is 3.19. The summed E-state index contributed by atoms with van der Waals surface area (Å²) in [4.78, 5) is 4.56. The highest BCUT2D eigenvalue weighted by atomic mass is 16.5. The van der Waals surface area contributed by atoms with Crippen molar-refractivity contribution >= 4 is 5.65 Å². The zero-order valence-electron chi connectivity index (χ0n) is 25.1. The van der Waals surface area contributed by atoms with Crippen molar-refractivity contribution < 1.29 is 19.1 Å². The van der Waals surface area contributed by atoms with E-state index in [4.69, 9.17) is 19.1 Å². The molecule has 0 spiro atoms. The summed E-state index contributed by atoms with van der Waals surface area (Å²) in [5.41, 5.74) is 5.04. The standard InChI is InChI=1S/C27H30N2O2/c1-18(2)30-22-11-7-20(8-12-22)24-17-29-25(16-28-26(29)15-19(24)3)21-9-13-23(14-10-21)31-27(4,5)6/h7-18H,1-6H3/i1D3,2D3,18D. The van der Waals surface area contributed by atoms with Crippen LogP contribution in [-0.4, -0.2) is 21.1 Å². The molecule has 0 aliphatic heterocycles. The summed E-state index contributed by atoms with van der Waals surface area (Å²) >= 11 is 0. The van der Waals surface area contributed by atoms with Gasteiger partial charge in [0.1, 0.15) is 22.7 Å². The van der Waals surface area contributed by atoms with E-state index in [1.807, 2.05) is 74.8 Å². The molecule has 4 aromatic rings. The number of hydrogen-bond acceptors (Lipinski definition) is 3. The maximum Gasteiger partial charge on any atom is 0.137 e. The minimum absolute atomic E-state index is 0.0179. The third kappa shape index (κ3) is 4.74. The molecule has 0 unspecified atom stereocenters. The molecular formula is C27H30N2O2. The molecule has 0 aliphatic carbocycles. The Kier molecular flexibility index (Phi) is 3.64. The van der Waals surface area contributed by atoms with Gasteiger partial charge in [-0.25, -0.2) is 4.98 Å². The van der Waals surface area contributed by atoms with Crippen LogP contribution in [-0.2, 0) is 0 Å². The maximum atomic E-state index is 8.08. The second-order valence-corrected chi connectivity index (χ2v) is 8.44. The lowest BCUT2D eigenvalue weighted by atomic mass is 10.0. The molecule has 4 rings (SSSR count). The van der Waals surface area contributed by atoms with Gasteiger partial charge >= 0.3 is 0 Å². The maximum absolute atomic E-state index is 8.08. The van der Waals surface area contributed by atoms with Crippen LogP contribution < -0.4 is 9.47 Å². The van der Waals surface area contributed by atoms with Gasteiger partial charge in [0.05, 0.1) is 19.3 Å². The van der Waals surface area contributed by atoms with Gasteiger partial charge in [-0.1, -0.05) is 12.1 Å². The molecular weight excluding hydrogens is 384 g/mol. The molecule has 2 aromatic carbocycles. The van der Waals surface area contributed by atoms with Crippen LogP contribution >= 0.6 is 0 Å². The van der Waals surface area contributed by atoms with E-state index in [1.165, 1.54) is 12.1 Å². The molecule has 0 N–H and O–H groups in total. The fourth-order valence-electron chi connectivity index (χ4n) is 3.50. The van der Waals surface area contributed by atoms with Gasteiger partial charge in [-0.15, -0.1) is 0 Å². The highest BCUT2D eigenvalue weighted by Crippen LogP contribution is 2.30. The molecule has 2 heterocycles. The van der Waals surface area contributed by atoms with Crippen molar-refractivity contribution in [2.45, 2.75) is 53.1 Å². The molecule has 4 heteroatoms. The number of rotatable bonds is 5. The smallest absolute Gasteiger partial charge is 0.137 e. The van der Waals surface area contributed by atoms with Crippen molar-refractivity contribution in [2.24, 2.45) is 0 Å². The predicted octanol–water partition coefficient (Wildman–Crippen LogP) is 6.94. The highest BCUT2D eigenvalue weighted by molar-refractivity contribution is 5.72. The van der Waals surface area contributed by atoms with E-state index >= 15 is 0 Å². The zero-order chi connectivity index (χ0) is 28.1. The Morgan fingerprint density at radius 2 is 1.61 bits per heavy atom. The Hall–Kier alpha value is -3.27. The van der Waals surface area contributed by atoms with Gasteiger partial charge in [-0.05, 0) is 95.0 Å². The van der Waals surface area contributed by atoms with Crippen molar-refractivity contribution in [3.8, 4) is 33.9 Å². The first-order chi connectivity index (χ1) is 17.5. The summed E-state index contributed by atoms with van der Waals surface area (Å²) in [6.07, 6.45) is 0.699. The van der Waals surface area contributed by atoms with Crippen molar-refractivity contribution in [1.29, 1.82) is 0 Å². The lowest BCUT2D eigenvalue weighted by Crippen LogP contribution is -2.22. The first-order valence-corrected chi connectivity index (χ1v) is 10.1. The normalized spacial score (nSPS) is 16.3. The van der Waals surface area contributed by atoms with E-state index in [2.05, 4.69) is 4.98 Å². The Morgan fingerprint density at radius 3 is 2.26 bits per heavy atom. The molecule has 0 aliphatic rings. The Bertz CT molecular complexity index is 1420. The lowest BCUT2D eigenvalue weighted by molar-refractivity contribution is 0.131. The zero-order valence-corrected chi connectivity index (χ0v) is 18.1. The van der Waals surface area contributed by atoms with Gasteiger partial charge in [-0.2, -0.15) is 0 Å². The molecule has 0 saturated carbocycles. The first kappa shape index (κ1) is 13.9. The number of benzene rings is 2. The quantitative estimate of drug-likeness (QED) is 0.350. The number of hydrogen-bond donors (Lipinski definition) is 0. The molecule has 0 radical (unpaired) electrons. The number of imidazole rings is 1. The van der Waals surface area contributed by atoms with E-state index in [9.17, 15) is 0 Å². The third-order valence-corrected chi connectivity index (χ3v) is 4.81. The average molecular weight is 422 g/mol. The van der Waals surface area contributed by atoms with Crippen molar-refractivity contribution in [3.63, 3.8) is 0 Å². The number of aryl methyl sites for hydroxylation is 1. The molecule has 0 fully saturated rings. The van der Waals surface area contributed by atoms with Crippen LogP contribution in [0.15, 0.2) is 67.0 Å². The minimum atomic E-state index is -3.17. The van der Waals surface area contributed by atoms with Gasteiger partial charge in [-0.3, -0.25) is 4.40 Å². The predicted molar refractivity (Wildman–Crippen MR) is 127 cm³/mol. The molecule has 0 bridgehead atoms. The fraction of sp³-hybridized carbons (Fsp3) is 0.296. The van der Waals surface area contributed by atoms with Gasteiger partial charge in [0.2, 0.25) is 0 Å². The van der Waals surface area contributed by atoms with Crippen LogP contribution in [0, 0.1) is 6.92 Å². The molecule has 0 amide bonds. The highest BCUT2D eigenvalue weighted by Gasteiger charge is 2.13. The number of nitrogens with zero attached hydrogens (tertiary/aromatic N) is 2. The topological polar surface area (TPSA) is 35.8 Å². The summed E-state index contributed by atoms with van der Waals surface area (Å²) in [5, 5.41) is 0. The monoisotopic (exact) mass is 421 g/mol. The van der Waals surface area contributed by atoms with E-state index < -0.39 is 19.8 Å². The lowest BCUT2D eigenvalue weighted by Gasteiger charge is -2.21. The van der Waals surface area contributed by atoms with E-state index in [0.717, 1.165) is 39.3 Å². The van der Waals surface area contributed by atoms with E-state index in [1.54, 1.807) is 12.1 Å². The Balaban J connectivity index is 1.66. The number of ether oxygens (including phenoxy) is 2. The molecule has 160 valence electrons. The van der Waals surface area contributed by atoms with Crippen molar-refractivity contribution in [3.05, 3.63) is 72.6 Å². The van der Waals surface area contributed by atoms with Crippen molar-refractivity contribution in [2.75, 3.05) is 0 Å². The number of aromatic nitrogens is 2. The summed E-state index contributed by atoms with van der Waals surface area (Å²) in [6, 6.07) is 16.2. The van der Waals surface area contributed by atoms with Crippen LogP contribution in [0.25, 0.3) is 28.0 Å². The van der Waals surface area contributed by atoms with Crippen LogP contribution in [0.5, 0.6) is 11.5 Å². The summed E-state index contributed by atoms with van der Waals surface area (Å²) in [5.74, 6) is 0.762. The van der Waals surface area contributed by atoms with Gasteiger partial charge in [0.15, 0.2) is 0 Å². The summed E-state index contributed by atoms with van der Waals surface area (Å²) < 4.78 is 66.5. The summed E-state index contributed by atoms with van der Waals surface area (Å²) in [7, 11) is 0. The van der Waals surface area contributed by atoms with Crippen molar-refractivity contribution in [1.82, 2.24) is 9.38 Å². The second kappa shape index (κ2) is 8.10. The van der Waals surface area contributed by atoms with Gasteiger partial charge in [0, 0.05) is 25.5 Å². The SMILES string of the molecule is [2H]C([2H])([2H])C([2H])(Oc1ccc(-c2cn3c(-c4ccc(OC(C)(C)C)cc4)cnc3cc2C)cc1)C([2H])([2H])[2H]. The van der Waals surface area contributed by atoms with E-state index in [0.29, 0.717) is 0 Å². The van der Waals surface area contributed by atoms with Crippen LogP contribution in [0.1, 0.15) is 49.6 Å². The second-order valence-electron chi connectivity index (χ2n) is 8.44. The minimum Gasteiger partial charge on any atom is -0.491 e. The molecule has 0 atom stereocenters. The number of pyridine rings is 1. The van der Waals surface area contributed by atoms with Gasteiger partial charge < -0.3 is 9.47 Å². The molecule has 31 heavy (non-hydrogen) atoms. The Morgan fingerprint density at radius 1 is 0.968 bits per heavy atom. The van der Waals surface area contributed by atoms with E-state index in [-0.39, 0.29) is 11.4 Å². The number of fused-ring (bicyclic) bond motifs is 1. The third-order valence-electron chi connectivity index (χ3n) is 4.81. The fourth-order valence-corrected chi connectivity index (χ4v) is 3.50. The summed E-state index contributed by atoms with van der Waals surface area (Å²) in [6.45, 7) is 1.61. The first-order valence-electron chi connectivity index (χ1n) is 13.6. The Labute approximate surface area is 194 Å². The van der Waals surface area contributed by atoms with Crippen LogP contribution in [0.4, 0.5) is 0 Å².